The summed E-state index contributed by atoms with van der Waals surface area (Å²) in [5, 5.41) is 11.5. The lowest BCUT2D eigenvalue weighted by Gasteiger charge is -2.13. The molecule has 0 aliphatic rings. The second kappa shape index (κ2) is 5.96. The molecule has 0 bridgehead atoms. The monoisotopic (exact) mass is 293 g/mol. The molecule has 0 aliphatic heterocycles. The van der Waals surface area contributed by atoms with E-state index in [-0.39, 0.29) is 0 Å². The van der Waals surface area contributed by atoms with Gasteiger partial charge in [0.25, 0.3) is 0 Å². The first-order chi connectivity index (χ1) is 8.78. The van der Waals surface area contributed by atoms with Crippen molar-refractivity contribution in [1.29, 1.82) is 0 Å². The van der Waals surface area contributed by atoms with Crippen LogP contribution in [0.4, 0.5) is 14.5 Å². The van der Waals surface area contributed by atoms with Gasteiger partial charge in [0.2, 0.25) is 9.84 Å². The number of alkyl halides is 2. The quantitative estimate of drug-likeness (QED) is 0.837. The minimum atomic E-state index is -4.62. The summed E-state index contributed by atoms with van der Waals surface area (Å²) in [6.07, 6.45) is 0.326. The van der Waals surface area contributed by atoms with Crippen LogP contribution in [0.3, 0.4) is 0 Å². The van der Waals surface area contributed by atoms with Gasteiger partial charge >= 0.3 is 11.7 Å². The van der Waals surface area contributed by atoms with Gasteiger partial charge in [-0.05, 0) is 30.7 Å². The molecular formula is C11H13F2NO4S. The third-order valence-electron chi connectivity index (χ3n) is 2.46. The van der Waals surface area contributed by atoms with Crippen LogP contribution >= 0.6 is 0 Å². The third-order valence-corrected chi connectivity index (χ3v) is 3.86. The van der Waals surface area contributed by atoms with Crippen molar-refractivity contribution >= 4 is 21.5 Å². The smallest absolute Gasteiger partial charge is 0.341 e. The Morgan fingerprint density at radius 1 is 1.32 bits per heavy atom. The Morgan fingerprint density at radius 3 is 2.21 bits per heavy atom. The average molecular weight is 293 g/mol. The van der Waals surface area contributed by atoms with Crippen molar-refractivity contribution in [2.75, 3.05) is 5.32 Å². The average Bonchev–Trinajstić information content (AvgIpc) is 2.35. The number of hydrogen-bond donors (Lipinski definition) is 2. The number of hydrogen-bond acceptors (Lipinski definition) is 4. The maximum absolute atomic E-state index is 12.3. The van der Waals surface area contributed by atoms with Gasteiger partial charge in [-0.15, -0.1) is 0 Å². The van der Waals surface area contributed by atoms with E-state index in [4.69, 9.17) is 5.11 Å². The highest BCUT2D eigenvalue weighted by Crippen LogP contribution is 2.20. The van der Waals surface area contributed by atoms with Gasteiger partial charge in [-0.1, -0.05) is 6.92 Å². The van der Waals surface area contributed by atoms with Crippen molar-refractivity contribution in [2.24, 2.45) is 0 Å². The van der Waals surface area contributed by atoms with Crippen LogP contribution in [0, 0.1) is 0 Å². The largest absolute Gasteiger partial charge is 0.480 e. The molecule has 0 saturated carbocycles. The molecule has 106 valence electrons. The van der Waals surface area contributed by atoms with Gasteiger partial charge < -0.3 is 10.4 Å². The molecule has 0 heterocycles. The number of carboxylic acid groups (broad SMARTS) is 1. The zero-order valence-corrected chi connectivity index (χ0v) is 10.8. The van der Waals surface area contributed by atoms with Gasteiger partial charge in [-0.25, -0.2) is 13.2 Å². The highest BCUT2D eigenvalue weighted by molar-refractivity contribution is 7.91. The first-order valence-electron chi connectivity index (χ1n) is 5.40. The lowest BCUT2D eigenvalue weighted by molar-refractivity contribution is -0.137. The molecule has 0 radical (unpaired) electrons. The molecule has 0 aliphatic carbocycles. The summed E-state index contributed by atoms with van der Waals surface area (Å²) >= 11 is 0. The summed E-state index contributed by atoms with van der Waals surface area (Å²) in [4.78, 5) is 10.3. The van der Waals surface area contributed by atoms with Gasteiger partial charge in [-0.2, -0.15) is 8.78 Å². The maximum Gasteiger partial charge on any atom is 0.341 e. The predicted octanol–water partition coefficient (Wildman–Crippen LogP) is 1.96. The highest BCUT2D eigenvalue weighted by Gasteiger charge is 2.26. The minimum absolute atomic E-state index is 0.326. The molecule has 2 N–H and O–H groups in total. The number of carbonyl (C=O) groups is 1. The van der Waals surface area contributed by atoms with E-state index in [1.807, 2.05) is 0 Å². The Hall–Kier alpha value is -1.70. The summed E-state index contributed by atoms with van der Waals surface area (Å²) in [5.74, 6) is -4.53. The number of benzene rings is 1. The van der Waals surface area contributed by atoms with E-state index in [1.165, 1.54) is 12.1 Å². The van der Waals surface area contributed by atoms with Gasteiger partial charge in [0, 0.05) is 5.69 Å². The van der Waals surface area contributed by atoms with Crippen molar-refractivity contribution in [3.8, 4) is 0 Å². The number of halogens is 2. The Labute approximate surface area is 109 Å². The number of aliphatic carboxylic acids is 1. The summed E-state index contributed by atoms with van der Waals surface area (Å²) in [5.41, 5.74) is 0.350. The van der Waals surface area contributed by atoms with Crippen LogP contribution in [0.2, 0.25) is 0 Å². The zero-order valence-electron chi connectivity index (χ0n) is 10.0. The fraction of sp³-hybridized carbons (Fsp3) is 0.364. The van der Waals surface area contributed by atoms with Crippen molar-refractivity contribution in [2.45, 2.75) is 30.0 Å². The molecular weight excluding hydrogens is 280 g/mol. The number of sulfone groups is 1. The van der Waals surface area contributed by atoms with E-state index in [0.717, 1.165) is 12.1 Å². The van der Waals surface area contributed by atoms with Gasteiger partial charge in [-0.3, -0.25) is 0 Å². The van der Waals surface area contributed by atoms with Gasteiger partial charge in [0.15, 0.2) is 0 Å². The third kappa shape index (κ3) is 3.63. The first-order valence-corrected chi connectivity index (χ1v) is 6.95. The first kappa shape index (κ1) is 15.4. The molecule has 0 spiro atoms. The SMILES string of the molecule is CCC(Nc1ccc(S(=O)(=O)C(F)F)cc1)C(=O)O. The molecule has 5 nitrogen and oxygen atoms in total. The molecule has 0 saturated heterocycles. The number of nitrogens with one attached hydrogen (secondary N) is 1. The molecule has 1 rings (SSSR count). The van der Waals surface area contributed by atoms with E-state index < -0.39 is 32.5 Å². The van der Waals surface area contributed by atoms with Crippen molar-refractivity contribution in [1.82, 2.24) is 0 Å². The van der Waals surface area contributed by atoms with Crippen molar-refractivity contribution in [3.05, 3.63) is 24.3 Å². The molecule has 1 unspecified atom stereocenters. The summed E-state index contributed by atoms with van der Waals surface area (Å²) in [6, 6.07) is 3.70. The molecule has 1 atom stereocenters. The Bertz CT molecular complexity index is 542. The van der Waals surface area contributed by atoms with E-state index in [9.17, 15) is 22.0 Å². The number of rotatable bonds is 6. The molecule has 0 fully saturated rings. The van der Waals surface area contributed by atoms with Crippen molar-refractivity contribution < 1.29 is 27.1 Å². The van der Waals surface area contributed by atoms with Crippen LogP contribution in [0.25, 0.3) is 0 Å². The fourth-order valence-corrected chi connectivity index (χ4v) is 2.10. The Kier molecular flexibility index (Phi) is 4.82. The highest BCUT2D eigenvalue weighted by atomic mass is 32.2. The normalized spacial score (nSPS) is 13.3. The van der Waals surface area contributed by atoms with Crippen LogP contribution in [0.5, 0.6) is 0 Å². The Balaban J connectivity index is 2.92. The molecule has 1 aromatic carbocycles. The summed E-state index contributed by atoms with van der Waals surface area (Å²) < 4.78 is 46.9. The van der Waals surface area contributed by atoms with Crippen LogP contribution in [0.1, 0.15) is 13.3 Å². The van der Waals surface area contributed by atoms with Gasteiger partial charge in [0.05, 0.1) is 4.90 Å². The van der Waals surface area contributed by atoms with Crippen LogP contribution in [0.15, 0.2) is 29.2 Å². The molecule has 0 aromatic heterocycles. The number of carboxylic acids is 1. The van der Waals surface area contributed by atoms with E-state index >= 15 is 0 Å². The summed E-state index contributed by atoms with van der Waals surface area (Å²) in [7, 11) is -4.62. The second-order valence-electron chi connectivity index (χ2n) is 3.77. The molecule has 1 aromatic rings. The molecule has 8 heteroatoms. The van der Waals surface area contributed by atoms with Gasteiger partial charge in [0.1, 0.15) is 6.04 Å². The van der Waals surface area contributed by atoms with E-state index in [1.54, 1.807) is 6.92 Å². The minimum Gasteiger partial charge on any atom is -0.480 e. The van der Waals surface area contributed by atoms with Crippen LogP contribution in [-0.4, -0.2) is 31.3 Å². The zero-order chi connectivity index (χ0) is 14.6. The van der Waals surface area contributed by atoms with E-state index in [0.29, 0.717) is 12.1 Å². The second-order valence-corrected chi connectivity index (χ2v) is 5.69. The van der Waals surface area contributed by atoms with Crippen LogP contribution < -0.4 is 5.32 Å². The van der Waals surface area contributed by atoms with Crippen molar-refractivity contribution in [3.63, 3.8) is 0 Å². The molecule has 19 heavy (non-hydrogen) atoms. The fourth-order valence-electron chi connectivity index (χ4n) is 1.38. The predicted molar refractivity (Wildman–Crippen MR) is 65.0 cm³/mol. The Morgan fingerprint density at radius 2 is 1.84 bits per heavy atom. The number of anilines is 1. The standard InChI is InChI=1S/C11H13F2NO4S/c1-2-9(10(15)16)14-7-3-5-8(6-4-7)19(17,18)11(12)13/h3-6,9,11,14H,2H2,1H3,(H,15,16). The van der Waals surface area contributed by atoms with Crippen LogP contribution in [-0.2, 0) is 14.6 Å². The topological polar surface area (TPSA) is 83.5 Å². The lowest BCUT2D eigenvalue weighted by Crippen LogP contribution is -2.28. The lowest BCUT2D eigenvalue weighted by atomic mass is 10.2. The van der Waals surface area contributed by atoms with E-state index in [2.05, 4.69) is 5.32 Å². The maximum atomic E-state index is 12.3. The summed E-state index contributed by atoms with van der Waals surface area (Å²) in [6.45, 7) is 1.67. The molecule has 0 amide bonds.